The van der Waals surface area contributed by atoms with Crippen LogP contribution in [0, 0.1) is 6.92 Å². The van der Waals surface area contributed by atoms with Gasteiger partial charge in [0.1, 0.15) is 0 Å². The van der Waals surface area contributed by atoms with Crippen molar-refractivity contribution in [2.45, 2.75) is 39.2 Å². The van der Waals surface area contributed by atoms with Gasteiger partial charge in [-0.25, -0.2) is 0 Å². The fourth-order valence-electron chi connectivity index (χ4n) is 3.63. The summed E-state index contributed by atoms with van der Waals surface area (Å²) in [5.74, 6) is 0. The standard InChI is InChI=1S/C18H27N3.2ClH/c1-3-4-9-17(21-12-10-19-11-13-21)18-14(2)20-16-8-6-5-7-15(16)18;;/h5-8,17,19-20H,3-4,9-13H2,1-2H3;2*1H/t17-;;/m0../s1. The predicted molar refractivity (Wildman–Crippen MR) is 104 cm³/mol. The van der Waals surface area contributed by atoms with Crippen LogP contribution in [0.25, 0.3) is 10.9 Å². The molecule has 23 heavy (non-hydrogen) atoms. The number of unbranched alkanes of at least 4 members (excludes halogenated alkanes) is 1. The van der Waals surface area contributed by atoms with Crippen LogP contribution in [0.4, 0.5) is 0 Å². The highest BCUT2D eigenvalue weighted by atomic mass is 35.5. The van der Waals surface area contributed by atoms with Gasteiger partial charge in [-0.3, -0.25) is 4.90 Å². The molecule has 1 aromatic heterocycles. The molecule has 0 bridgehead atoms. The normalized spacial score (nSPS) is 16.6. The minimum atomic E-state index is 0. The van der Waals surface area contributed by atoms with Crippen molar-refractivity contribution >= 4 is 35.7 Å². The van der Waals surface area contributed by atoms with Crippen LogP contribution >= 0.6 is 24.8 Å². The van der Waals surface area contributed by atoms with Crippen molar-refractivity contribution < 1.29 is 0 Å². The first-order valence-corrected chi connectivity index (χ1v) is 8.33. The molecular weight excluding hydrogens is 329 g/mol. The van der Waals surface area contributed by atoms with Crippen LogP contribution in [0.5, 0.6) is 0 Å². The number of aromatic amines is 1. The summed E-state index contributed by atoms with van der Waals surface area (Å²) in [5, 5.41) is 4.88. The van der Waals surface area contributed by atoms with Crippen molar-refractivity contribution in [2.75, 3.05) is 26.2 Å². The Morgan fingerprint density at radius 3 is 2.52 bits per heavy atom. The lowest BCUT2D eigenvalue weighted by atomic mass is 9.96. The van der Waals surface area contributed by atoms with E-state index in [-0.39, 0.29) is 24.8 Å². The molecule has 0 aliphatic carbocycles. The number of aryl methyl sites for hydroxylation is 1. The molecule has 0 saturated carbocycles. The van der Waals surface area contributed by atoms with Crippen LogP contribution in [0.2, 0.25) is 0 Å². The van der Waals surface area contributed by atoms with Gasteiger partial charge in [-0.1, -0.05) is 38.0 Å². The second-order valence-electron chi connectivity index (χ2n) is 6.15. The zero-order valence-electron chi connectivity index (χ0n) is 14.1. The van der Waals surface area contributed by atoms with E-state index < -0.39 is 0 Å². The highest BCUT2D eigenvalue weighted by Crippen LogP contribution is 2.34. The van der Waals surface area contributed by atoms with Gasteiger partial charge in [0.05, 0.1) is 0 Å². The summed E-state index contributed by atoms with van der Waals surface area (Å²) >= 11 is 0. The number of hydrogen-bond donors (Lipinski definition) is 2. The Balaban J connectivity index is 0.00000132. The number of benzene rings is 1. The summed E-state index contributed by atoms with van der Waals surface area (Å²) in [4.78, 5) is 6.26. The molecule has 2 N–H and O–H groups in total. The van der Waals surface area contributed by atoms with Crippen molar-refractivity contribution in [3.8, 4) is 0 Å². The zero-order chi connectivity index (χ0) is 14.7. The SMILES string of the molecule is CCCC[C@@H](c1c(C)[nH]c2ccccc12)N1CCNCC1.Cl.Cl. The van der Waals surface area contributed by atoms with Crippen LogP contribution < -0.4 is 5.32 Å². The maximum absolute atomic E-state index is 3.58. The third kappa shape index (κ3) is 4.42. The average molecular weight is 358 g/mol. The van der Waals surface area contributed by atoms with Gasteiger partial charge in [0.25, 0.3) is 0 Å². The van der Waals surface area contributed by atoms with E-state index in [9.17, 15) is 0 Å². The number of nitrogens with one attached hydrogen (secondary N) is 2. The molecule has 1 fully saturated rings. The van der Waals surface area contributed by atoms with E-state index in [0.29, 0.717) is 6.04 Å². The second-order valence-corrected chi connectivity index (χ2v) is 6.15. The summed E-state index contributed by atoms with van der Waals surface area (Å²) in [5.41, 5.74) is 4.15. The first kappa shape index (κ1) is 20.3. The number of piperazine rings is 1. The molecular formula is C18H29Cl2N3. The van der Waals surface area contributed by atoms with Gasteiger partial charge in [-0.15, -0.1) is 24.8 Å². The van der Waals surface area contributed by atoms with Crippen molar-refractivity contribution in [2.24, 2.45) is 0 Å². The summed E-state index contributed by atoms with van der Waals surface area (Å²) in [6, 6.07) is 9.31. The summed E-state index contributed by atoms with van der Waals surface area (Å²) in [6.45, 7) is 9.07. The van der Waals surface area contributed by atoms with E-state index in [1.165, 1.54) is 41.4 Å². The Bertz CT molecular complexity index is 591. The molecule has 1 aliphatic heterocycles. The van der Waals surface area contributed by atoms with Crippen LogP contribution in [0.1, 0.15) is 43.5 Å². The van der Waals surface area contributed by atoms with E-state index in [1.54, 1.807) is 0 Å². The highest BCUT2D eigenvalue weighted by molar-refractivity contribution is 5.86. The maximum atomic E-state index is 3.58. The molecule has 0 radical (unpaired) electrons. The Kier molecular flexibility index (Phi) is 8.41. The van der Waals surface area contributed by atoms with Gasteiger partial charge in [0.2, 0.25) is 0 Å². The molecule has 3 nitrogen and oxygen atoms in total. The fourth-order valence-corrected chi connectivity index (χ4v) is 3.63. The first-order valence-electron chi connectivity index (χ1n) is 8.33. The van der Waals surface area contributed by atoms with Gasteiger partial charge in [0, 0.05) is 48.8 Å². The second kappa shape index (κ2) is 9.53. The molecule has 3 rings (SSSR count). The Morgan fingerprint density at radius 2 is 1.83 bits per heavy atom. The number of halogens is 2. The number of H-pyrrole nitrogens is 1. The maximum Gasteiger partial charge on any atom is 0.0459 e. The molecule has 0 amide bonds. The average Bonchev–Trinajstić information content (AvgIpc) is 2.85. The van der Waals surface area contributed by atoms with Gasteiger partial charge in [0.15, 0.2) is 0 Å². The molecule has 130 valence electrons. The number of hydrogen-bond acceptors (Lipinski definition) is 2. The van der Waals surface area contributed by atoms with Gasteiger partial charge in [-0.05, 0) is 25.0 Å². The predicted octanol–water partition coefficient (Wildman–Crippen LogP) is 4.46. The lowest BCUT2D eigenvalue weighted by molar-refractivity contribution is 0.163. The molecule has 1 saturated heterocycles. The Morgan fingerprint density at radius 1 is 1.13 bits per heavy atom. The van der Waals surface area contributed by atoms with Crippen LogP contribution in [-0.4, -0.2) is 36.1 Å². The number of rotatable bonds is 5. The van der Waals surface area contributed by atoms with Crippen LogP contribution in [0.15, 0.2) is 24.3 Å². The van der Waals surface area contributed by atoms with E-state index in [1.807, 2.05) is 0 Å². The lowest BCUT2D eigenvalue weighted by Crippen LogP contribution is -2.45. The minimum Gasteiger partial charge on any atom is -0.358 e. The number of fused-ring (bicyclic) bond motifs is 1. The van der Waals surface area contributed by atoms with Gasteiger partial charge < -0.3 is 10.3 Å². The first-order chi connectivity index (χ1) is 10.3. The van der Waals surface area contributed by atoms with Crippen molar-refractivity contribution in [3.05, 3.63) is 35.5 Å². The number of nitrogens with zero attached hydrogens (tertiary/aromatic N) is 1. The minimum absolute atomic E-state index is 0. The zero-order valence-corrected chi connectivity index (χ0v) is 15.7. The molecule has 2 heterocycles. The third-order valence-electron chi connectivity index (χ3n) is 4.70. The van der Waals surface area contributed by atoms with E-state index in [2.05, 4.69) is 53.3 Å². The van der Waals surface area contributed by atoms with Gasteiger partial charge >= 0.3 is 0 Å². The van der Waals surface area contributed by atoms with Crippen LogP contribution in [-0.2, 0) is 0 Å². The van der Waals surface area contributed by atoms with Gasteiger partial charge in [-0.2, -0.15) is 0 Å². The summed E-state index contributed by atoms with van der Waals surface area (Å²) < 4.78 is 0. The largest absolute Gasteiger partial charge is 0.358 e. The molecule has 1 aromatic carbocycles. The quantitative estimate of drug-likeness (QED) is 0.827. The number of para-hydroxylation sites is 1. The topological polar surface area (TPSA) is 31.1 Å². The monoisotopic (exact) mass is 357 g/mol. The summed E-state index contributed by atoms with van der Waals surface area (Å²) in [6.07, 6.45) is 3.83. The lowest BCUT2D eigenvalue weighted by Gasteiger charge is -2.35. The molecule has 1 aliphatic rings. The van der Waals surface area contributed by atoms with E-state index in [4.69, 9.17) is 0 Å². The molecule has 1 atom stereocenters. The van der Waals surface area contributed by atoms with Crippen molar-refractivity contribution in [1.29, 1.82) is 0 Å². The summed E-state index contributed by atoms with van der Waals surface area (Å²) in [7, 11) is 0. The fraction of sp³-hybridized carbons (Fsp3) is 0.556. The van der Waals surface area contributed by atoms with E-state index in [0.717, 1.165) is 26.2 Å². The number of aromatic nitrogens is 1. The molecule has 2 aromatic rings. The molecule has 0 unspecified atom stereocenters. The smallest absolute Gasteiger partial charge is 0.0459 e. The molecule has 5 heteroatoms. The third-order valence-corrected chi connectivity index (χ3v) is 4.70. The molecule has 0 spiro atoms. The highest BCUT2D eigenvalue weighted by Gasteiger charge is 2.25. The Hall–Kier alpha value is -0.740. The van der Waals surface area contributed by atoms with Crippen LogP contribution in [0.3, 0.4) is 0 Å². The Labute approximate surface area is 152 Å². The van der Waals surface area contributed by atoms with Crippen molar-refractivity contribution in [3.63, 3.8) is 0 Å². The van der Waals surface area contributed by atoms with Crippen molar-refractivity contribution in [1.82, 2.24) is 15.2 Å². The van der Waals surface area contributed by atoms with E-state index >= 15 is 0 Å².